The van der Waals surface area contributed by atoms with Crippen LogP contribution in [0.5, 0.6) is 17.2 Å². The Morgan fingerprint density at radius 3 is 1.81 bits per heavy atom. The Hall–Kier alpha value is -2.97. The summed E-state index contributed by atoms with van der Waals surface area (Å²) < 4.78 is 11.9. The van der Waals surface area contributed by atoms with Crippen molar-refractivity contribution >= 4 is 49.4 Å². The highest BCUT2D eigenvalue weighted by atomic mass is 79.9. The van der Waals surface area contributed by atoms with Crippen molar-refractivity contribution in [1.82, 2.24) is 0 Å². The first kappa shape index (κ1) is 25.3. The Balaban J connectivity index is 0.000000278. The number of ether oxygens (including phenoxy) is 2. The van der Waals surface area contributed by atoms with Gasteiger partial charge in [-0.2, -0.15) is 0 Å². The fourth-order valence-electron chi connectivity index (χ4n) is 2.54. The molecular formula is C24H20Br2O6. The van der Waals surface area contributed by atoms with Crippen LogP contribution in [0.1, 0.15) is 44.9 Å². The fourth-order valence-corrected chi connectivity index (χ4v) is 3.26. The number of benzene rings is 3. The fraction of sp³-hybridized carbons (Fsp3) is 0.125. The van der Waals surface area contributed by atoms with E-state index in [1.165, 1.54) is 19.9 Å². The van der Waals surface area contributed by atoms with Gasteiger partial charge in [0.15, 0.2) is 11.6 Å². The minimum atomic E-state index is -0.525. The van der Waals surface area contributed by atoms with Gasteiger partial charge in [0.05, 0.1) is 23.8 Å². The molecule has 0 aliphatic carbocycles. The van der Waals surface area contributed by atoms with Crippen molar-refractivity contribution in [3.63, 3.8) is 0 Å². The van der Waals surface area contributed by atoms with Crippen LogP contribution in [0.25, 0.3) is 0 Å². The molecule has 3 aromatic rings. The van der Waals surface area contributed by atoms with E-state index >= 15 is 0 Å². The largest absolute Gasteiger partial charge is 0.507 e. The van der Waals surface area contributed by atoms with E-state index in [2.05, 4.69) is 31.9 Å². The zero-order chi connectivity index (χ0) is 23.8. The molecule has 0 aromatic heterocycles. The normalized spacial score (nSPS) is 9.91. The van der Waals surface area contributed by atoms with Crippen LogP contribution in [0.3, 0.4) is 0 Å². The van der Waals surface area contributed by atoms with Crippen molar-refractivity contribution < 1.29 is 29.0 Å². The average molecular weight is 564 g/mol. The van der Waals surface area contributed by atoms with Gasteiger partial charge in [0, 0.05) is 8.95 Å². The van der Waals surface area contributed by atoms with E-state index in [1.54, 1.807) is 61.7 Å². The third-order valence-electron chi connectivity index (χ3n) is 4.19. The lowest BCUT2D eigenvalue weighted by Crippen LogP contribution is -2.10. The van der Waals surface area contributed by atoms with Crippen molar-refractivity contribution in [2.24, 2.45) is 0 Å². The number of hydrogen-bond acceptors (Lipinski definition) is 6. The van der Waals surface area contributed by atoms with Gasteiger partial charge in [-0.05, 0) is 74.5 Å². The first-order chi connectivity index (χ1) is 15.1. The van der Waals surface area contributed by atoms with Gasteiger partial charge in [-0.25, -0.2) is 4.79 Å². The number of halogens is 2. The van der Waals surface area contributed by atoms with Gasteiger partial charge < -0.3 is 14.6 Å². The molecule has 3 rings (SSSR count). The maximum Gasteiger partial charge on any atom is 0.343 e. The van der Waals surface area contributed by atoms with Crippen molar-refractivity contribution in [3.8, 4) is 17.2 Å². The Bertz CT molecular complexity index is 1140. The highest BCUT2D eigenvalue weighted by Crippen LogP contribution is 2.25. The first-order valence-corrected chi connectivity index (χ1v) is 10.9. The summed E-state index contributed by atoms with van der Waals surface area (Å²) in [7, 11) is 1.55. The molecule has 0 unspecified atom stereocenters. The van der Waals surface area contributed by atoms with Gasteiger partial charge in [0.25, 0.3) is 0 Å². The van der Waals surface area contributed by atoms with E-state index in [1.807, 2.05) is 0 Å². The van der Waals surface area contributed by atoms with Gasteiger partial charge in [0.1, 0.15) is 17.2 Å². The molecule has 0 bridgehead atoms. The molecule has 32 heavy (non-hydrogen) atoms. The van der Waals surface area contributed by atoms with E-state index in [9.17, 15) is 14.4 Å². The molecule has 0 amide bonds. The number of esters is 1. The van der Waals surface area contributed by atoms with Crippen LogP contribution < -0.4 is 9.47 Å². The maximum absolute atomic E-state index is 12.1. The lowest BCUT2D eigenvalue weighted by Gasteiger charge is -2.09. The molecule has 0 saturated heterocycles. The van der Waals surface area contributed by atoms with Crippen LogP contribution in [0.2, 0.25) is 0 Å². The Morgan fingerprint density at radius 2 is 1.31 bits per heavy atom. The third kappa shape index (κ3) is 7.03. The predicted octanol–water partition coefficient (Wildman–Crippen LogP) is 6.24. The predicted molar refractivity (Wildman–Crippen MR) is 128 cm³/mol. The summed E-state index contributed by atoms with van der Waals surface area (Å²) in [6.07, 6.45) is 0. The van der Waals surface area contributed by atoms with E-state index in [0.29, 0.717) is 22.4 Å². The Morgan fingerprint density at radius 1 is 0.781 bits per heavy atom. The average Bonchev–Trinajstić information content (AvgIpc) is 2.76. The molecule has 3 aromatic carbocycles. The summed E-state index contributed by atoms with van der Waals surface area (Å²) in [5, 5.41) is 9.16. The highest BCUT2D eigenvalue weighted by Gasteiger charge is 2.14. The number of phenolic OH excluding ortho intramolecular Hbond substituents is 1. The smallest absolute Gasteiger partial charge is 0.343 e. The number of phenols is 1. The number of hydrogen-bond donors (Lipinski definition) is 1. The van der Waals surface area contributed by atoms with E-state index in [4.69, 9.17) is 14.6 Å². The molecule has 0 aliphatic rings. The molecule has 166 valence electrons. The molecule has 0 heterocycles. The van der Waals surface area contributed by atoms with Gasteiger partial charge in [-0.15, -0.1) is 0 Å². The molecule has 0 saturated carbocycles. The molecule has 8 heteroatoms. The number of aromatic hydroxyl groups is 1. The van der Waals surface area contributed by atoms with Crippen LogP contribution in [0, 0.1) is 0 Å². The number of rotatable bonds is 5. The van der Waals surface area contributed by atoms with Crippen LogP contribution >= 0.6 is 31.9 Å². The quantitative estimate of drug-likeness (QED) is 0.224. The summed E-state index contributed by atoms with van der Waals surface area (Å²) in [6, 6.07) is 16.2. The van der Waals surface area contributed by atoms with Crippen LogP contribution in [0.15, 0.2) is 69.6 Å². The topological polar surface area (TPSA) is 89.9 Å². The molecule has 0 aliphatic heterocycles. The van der Waals surface area contributed by atoms with Crippen LogP contribution in [-0.4, -0.2) is 29.8 Å². The summed E-state index contributed by atoms with van der Waals surface area (Å²) in [6.45, 7) is 2.84. The van der Waals surface area contributed by atoms with Crippen molar-refractivity contribution in [1.29, 1.82) is 0 Å². The van der Waals surface area contributed by atoms with Crippen LogP contribution in [0.4, 0.5) is 0 Å². The summed E-state index contributed by atoms with van der Waals surface area (Å²) in [5.74, 6) is 0.0898. The first-order valence-electron chi connectivity index (χ1n) is 9.28. The second kappa shape index (κ2) is 11.6. The van der Waals surface area contributed by atoms with Gasteiger partial charge in [-0.3, -0.25) is 9.59 Å². The highest BCUT2D eigenvalue weighted by molar-refractivity contribution is 9.10. The van der Waals surface area contributed by atoms with E-state index < -0.39 is 5.97 Å². The van der Waals surface area contributed by atoms with Crippen molar-refractivity contribution in [2.75, 3.05) is 7.11 Å². The summed E-state index contributed by atoms with van der Waals surface area (Å²) >= 11 is 6.49. The third-order valence-corrected chi connectivity index (χ3v) is 5.17. The number of carbonyl (C=O) groups is 3. The lowest BCUT2D eigenvalue weighted by atomic mass is 10.1. The zero-order valence-electron chi connectivity index (χ0n) is 17.5. The van der Waals surface area contributed by atoms with Gasteiger partial charge in [0.2, 0.25) is 0 Å². The minimum absolute atomic E-state index is 0.0284. The van der Waals surface area contributed by atoms with E-state index in [-0.39, 0.29) is 23.1 Å². The second-order valence-electron chi connectivity index (χ2n) is 6.53. The van der Waals surface area contributed by atoms with Gasteiger partial charge in [-0.1, -0.05) is 31.9 Å². The molecule has 0 spiro atoms. The van der Waals surface area contributed by atoms with Crippen molar-refractivity contribution in [3.05, 3.63) is 86.3 Å². The summed E-state index contributed by atoms with van der Waals surface area (Å²) in [4.78, 5) is 34.5. The number of carbonyl (C=O) groups excluding carboxylic acids is 3. The lowest BCUT2D eigenvalue weighted by molar-refractivity contribution is 0.0732. The Kier molecular flexibility index (Phi) is 9.16. The molecule has 0 atom stereocenters. The zero-order valence-corrected chi connectivity index (χ0v) is 20.7. The molecule has 0 fully saturated rings. The number of Topliss-reactive ketones (excluding diaryl/α,β-unsaturated/α-hetero) is 2. The van der Waals surface area contributed by atoms with Gasteiger partial charge >= 0.3 is 5.97 Å². The number of ketones is 2. The number of methoxy groups -OCH3 is 1. The minimum Gasteiger partial charge on any atom is -0.507 e. The standard InChI is InChI=1S/C16H13BrO4.C8H7BrO2/c1-10(18)14-9-12(17)5-8-15(14)21-16(19)11-3-6-13(20-2)7-4-11;1-5(10)7-4-6(9)2-3-8(7)11/h3-9H,1-2H3;2-4,11H,1H3. The van der Waals surface area contributed by atoms with E-state index in [0.717, 1.165) is 8.95 Å². The Labute approximate surface area is 202 Å². The molecule has 1 N–H and O–H groups in total. The maximum atomic E-state index is 12.1. The summed E-state index contributed by atoms with van der Waals surface area (Å²) in [5.41, 5.74) is 1.08. The SMILES string of the molecule is CC(=O)c1cc(Br)ccc1O.COc1ccc(C(=O)Oc2ccc(Br)cc2C(C)=O)cc1. The van der Waals surface area contributed by atoms with Crippen molar-refractivity contribution in [2.45, 2.75) is 13.8 Å². The molecule has 0 radical (unpaired) electrons. The molecule has 6 nitrogen and oxygen atoms in total. The van der Waals surface area contributed by atoms with Crippen LogP contribution in [-0.2, 0) is 0 Å². The monoisotopic (exact) mass is 562 g/mol. The molecular weight excluding hydrogens is 544 g/mol. The second-order valence-corrected chi connectivity index (χ2v) is 8.36.